The Balaban J connectivity index is 1.81. The lowest BCUT2D eigenvalue weighted by atomic mass is 10.1. The van der Waals surface area contributed by atoms with E-state index in [1.54, 1.807) is 48.6 Å². The molecule has 1 N–H and O–H groups in total. The first kappa shape index (κ1) is 16.8. The van der Waals surface area contributed by atoms with Gasteiger partial charge in [0.1, 0.15) is 25.0 Å². The minimum atomic E-state index is -2.09. The third-order valence-corrected chi connectivity index (χ3v) is 3.92. The zero-order chi connectivity index (χ0) is 18.1. The van der Waals surface area contributed by atoms with Gasteiger partial charge in [0.2, 0.25) is 0 Å². The van der Waals surface area contributed by atoms with Crippen LogP contribution in [0.2, 0.25) is 0 Å². The molecule has 8 heteroatoms. The summed E-state index contributed by atoms with van der Waals surface area (Å²) >= 11 is 0. The van der Waals surface area contributed by atoms with E-state index < -0.39 is 5.97 Å². The van der Waals surface area contributed by atoms with Crippen LogP contribution in [0.3, 0.4) is 0 Å². The number of hydrogen-bond donors (Lipinski definition) is 1. The lowest BCUT2D eigenvalue weighted by Crippen LogP contribution is -2.45. The molecule has 0 saturated carbocycles. The summed E-state index contributed by atoms with van der Waals surface area (Å²) in [5, 5.41) is 10.6. The Morgan fingerprint density at radius 1 is 1.04 bits per heavy atom. The van der Waals surface area contributed by atoms with E-state index in [2.05, 4.69) is 9.97 Å². The zero-order valence-electron chi connectivity index (χ0n) is 13.9. The van der Waals surface area contributed by atoms with Gasteiger partial charge in [-0.2, -0.15) is 0 Å². The van der Waals surface area contributed by atoms with Crippen molar-refractivity contribution in [3.05, 3.63) is 60.5 Å². The predicted molar refractivity (Wildman–Crippen MR) is 88.7 cm³/mol. The molecule has 0 aliphatic carbocycles. The first-order chi connectivity index (χ1) is 12.5. The molecule has 7 nitrogen and oxygen atoms in total. The molecule has 0 spiro atoms. The minimum Gasteiger partial charge on any atom is -0.433 e. The number of aromatic nitrogens is 2. The first-order valence-electron chi connectivity index (χ1n) is 7.92. The number of benzene rings is 1. The van der Waals surface area contributed by atoms with Crippen molar-refractivity contribution in [2.24, 2.45) is 0 Å². The van der Waals surface area contributed by atoms with E-state index >= 15 is 0 Å². The highest BCUT2D eigenvalue weighted by atomic mass is 19.1. The van der Waals surface area contributed by atoms with Crippen molar-refractivity contribution in [3.63, 3.8) is 0 Å². The number of hydrogen-bond acceptors (Lipinski definition) is 7. The van der Waals surface area contributed by atoms with Crippen LogP contribution in [0.25, 0.3) is 22.6 Å². The van der Waals surface area contributed by atoms with E-state index in [1.165, 1.54) is 12.1 Å². The summed E-state index contributed by atoms with van der Waals surface area (Å²) in [7, 11) is 1.78. The van der Waals surface area contributed by atoms with Crippen LogP contribution in [0.4, 0.5) is 4.39 Å². The molecule has 1 fully saturated rings. The second-order valence-corrected chi connectivity index (χ2v) is 5.92. The Morgan fingerprint density at radius 2 is 1.69 bits per heavy atom. The van der Waals surface area contributed by atoms with Gasteiger partial charge in [-0.1, -0.05) is 0 Å². The van der Waals surface area contributed by atoms with E-state index in [0.29, 0.717) is 22.6 Å². The van der Waals surface area contributed by atoms with E-state index in [0.717, 1.165) is 0 Å². The summed E-state index contributed by atoms with van der Waals surface area (Å²) in [5.74, 6) is -2.18. The molecule has 1 aliphatic heterocycles. The molecule has 0 radical (unpaired) electrons. The zero-order valence-corrected chi connectivity index (χ0v) is 13.9. The molecular weight excluding hydrogens is 341 g/mol. The van der Waals surface area contributed by atoms with Crippen LogP contribution in [0, 0.1) is 5.82 Å². The summed E-state index contributed by atoms with van der Waals surface area (Å²) in [5.41, 5.74) is 1.77. The number of aliphatic hydroxyl groups is 1. The topological polar surface area (TPSA) is 80.9 Å². The Labute approximate surface area is 148 Å². The van der Waals surface area contributed by atoms with Gasteiger partial charge in [0, 0.05) is 23.5 Å². The maximum atomic E-state index is 13.3. The molecule has 1 saturated heterocycles. The van der Waals surface area contributed by atoms with Crippen molar-refractivity contribution in [3.8, 4) is 22.6 Å². The normalized spacial score (nSPS) is 17.3. The molecule has 0 amide bonds. The fourth-order valence-electron chi connectivity index (χ4n) is 2.56. The van der Waals surface area contributed by atoms with Gasteiger partial charge in [-0.05, 0) is 43.4 Å². The third kappa shape index (κ3) is 3.11. The van der Waals surface area contributed by atoms with Gasteiger partial charge < -0.3 is 19.0 Å². The lowest BCUT2D eigenvalue weighted by Gasteiger charge is -2.33. The van der Waals surface area contributed by atoms with E-state index in [9.17, 15) is 9.50 Å². The molecule has 2 aromatic heterocycles. The number of nitrogens with zero attached hydrogens (tertiary/aromatic N) is 3. The smallest absolute Gasteiger partial charge is 0.365 e. The highest BCUT2D eigenvalue weighted by Gasteiger charge is 2.42. The van der Waals surface area contributed by atoms with Gasteiger partial charge in [-0.3, -0.25) is 9.88 Å². The third-order valence-electron chi connectivity index (χ3n) is 3.92. The largest absolute Gasteiger partial charge is 0.433 e. The van der Waals surface area contributed by atoms with Crippen molar-refractivity contribution in [1.29, 1.82) is 0 Å². The minimum absolute atomic E-state index is 0.128. The monoisotopic (exact) mass is 357 g/mol. The Hall–Kier alpha value is -2.65. The molecule has 26 heavy (non-hydrogen) atoms. The van der Waals surface area contributed by atoms with E-state index in [4.69, 9.17) is 13.9 Å². The van der Waals surface area contributed by atoms with Crippen LogP contribution in [-0.4, -0.2) is 40.5 Å². The van der Waals surface area contributed by atoms with Crippen LogP contribution in [0.15, 0.2) is 53.2 Å². The van der Waals surface area contributed by atoms with Gasteiger partial charge in [0.25, 0.3) is 5.89 Å². The number of ether oxygens (including phenoxy) is 2. The standard InChI is InChI=1S/C18H16FN3O4/c1-22-10-24-18(23,25-11-22)17-21-15(12-2-4-14(19)5-3-12)16(26-17)13-6-8-20-9-7-13/h2-9,23H,10-11H2,1H3. The maximum absolute atomic E-state index is 13.3. The molecule has 1 aromatic carbocycles. The quantitative estimate of drug-likeness (QED) is 0.771. The predicted octanol–water partition coefficient (Wildman–Crippen LogP) is 2.54. The fraction of sp³-hybridized carbons (Fsp3) is 0.222. The van der Waals surface area contributed by atoms with Crippen LogP contribution in [0.1, 0.15) is 5.89 Å². The Morgan fingerprint density at radius 3 is 2.35 bits per heavy atom. The van der Waals surface area contributed by atoms with Crippen molar-refractivity contribution in [2.45, 2.75) is 5.97 Å². The number of halogens is 1. The SMILES string of the molecule is CN1COC(O)(c2nc(-c3ccc(F)cc3)c(-c3ccncc3)o2)OC1. The van der Waals surface area contributed by atoms with Crippen LogP contribution in [-0.2, 0) is 15.4 Å². The Bertz CT molecular complexity index is 891. The molecule has 0 unspecified atom stereocenters. The van der Waals surface area contributed by atoms with Gasteiger partial charge in [-0.15, -0.1) is 0 Å². The number of pyridine rings is 1. The average Bonchev–Trinajstić information content (AvgIpc) is 3.12. The Kier molecular flexibility index (Phi) is 4.25. The van der Waals surface area contributed by atoms with Crippen molar-refractivity contribution < 1.29 is 23.4 Å². The summed E-state index contributed by atoms with van der Waals surface area (Å²) in [4.78, 5) is 10.1. The maximum Gasteiger partial charge on any atom is 0.365 e. The highest BCUT2D eigenvalue weighted by molar-refractivity contribution is 5.76. The molecule has 0 atom stereocenters. The molecule has 3 heterocycles. The van der Waals surface area contributed by atoms with Gasteiger partial charge >= 0.3 is 5.97 Å². The second-order valence-electron chi connectivity index (χ2n) is 5.92. The summed E-state index contributed by atoms with van der Waals surface area (Å²) in [6, 6.07) is 9.33. The molecule has 1 aliphatic rings. The first-order valence-corrected chi connectivity index (χ1v) is 7.92. The van der Waals surface area contributed by atoms with Crippen LogP contribution >= 0.6 is 0 Å². The molecular formula is C18H16FN3O4. The van der Waals surface area contributed by atoms with Crippen LogP contribution in [0.5, 0.6) is 0 Å². The molecule has 4 rings (SSSR count). The number of rotatable bonds is 3. The highest BCUT2D eigenvalue weighted by Crippen LogP contribution is 2.37. The second kappa shape index (κ2) is 6.58. The average molecular weight is 357 g/mol. The van der Waals surface area contributed by atoms with Crippen molar-refractivity contribution in [1.82, 2.24) is 14.9 Å². The molecule has 3 aromatic rings. The van der Waals surface area contributed by atoms with E-state index in [1.807, 2.05) is 0 Å². The summed E-state index contributed by atoms with van der Waals surface area (Å²) in [6.07, 6.45) is 3.23. The van der Waals surface area contributed by atoms with E-state index in [-0.39, 0.29) is 25.2 Å². The van der Waals surface area contributed by atoms with Gasteiger partial charge in [0.15, 0.2) is 5.76 Å². The summed E-state index contributed by atoms with van der Waals surface area (Å²) < 4.78 is 29.8. The van der Waals surface area contributed by atoms with Crippen molar-refractivity contribution in [2.75, 3.05) is 20.5 Å². The lowest BCUT2D eigenvalue weighted by molar-refractivity contribution is -0.430. The summed E-state index contributed by atoms with van der Waals surface area (Å²) in [6.45, 7) is 0.296. The number of oxazole rings is 1. The molecule has 134 valence electrons. The van der Waals surface area contributed by atoms with Gasteiger partial charge in [0.05, 0.1) is 0 Å². The molecule has 0 bridgehead atoms. The van der Waals surface area contributed by atoms with Crippen LogP contribution < -0.4 is 0 Å². The fourth-order valence-corrected chi connectivity index (χ4v) is 2.56. The van der Waals surface area contributed by atoms with Crippen molar-refractivity contribution >= 4 is 0 Å². The van der Waals surface area contributed by atoms with Gasteiger partial charge in [-0.25, -0.2) is 9.37 Å².